The molecule has 1 fully saturated rings. The van der Waals surface area contributed by atoms with Crippen LogP contribution in [0.15, 0.2) is 53.4 Å². The van der Waals surface area contributed by atoms with Gasteiger partial charge in [0.25, 0.3) is 0 Å². The number of carbonyl (C=O) groups excluding carboxylic acids is 2. The molecule has 4 atom stereocenters. The lowest BCUT2D eigenvalue weighted by Gasteiger charge is -2.55. The molecule has 1 aliphatic heterocycles. The molecule has 3 rings (SSSR count). The zero-order valence-electron chi connectivity index (χ0n) is 23.0. The van der Waals surface area contributed by atoms with Crippen molar-refractivity contribution in [3.05, 3.63) is 65.2 Å². The molecule has 0 unspecified atom stereocenters. The Hall–Kier alpha value is -2.33. The molecule has 1 heterocycles. The molecule has 2 aromatic rings. The van der Waals surface area contributed by atoms with Gasteiger partial charge in [0, 0.05) is 18.0 Å². The molecule has 0 aromatic heterocycles. The minimum Gasteiger partial charge on any atom is -0.411 e. The van der Waals surface area contributed by atoms with E-state index in [1.807, 2.05) is 71.1 Å². The molecule has 2 aromatic carbocycles. The van der Waals surface area contributed by atoms with Gasteiger partial charge in [0.15, 0.2) is 5.78 Å². The second-order valence-electron chi connectivity index (χ2n) is 11.3. The van der Waals surface area contributed by atoms with Gasteiger partial charge in [-0.2, -0.15) is 0 Å². The fraction of sp³-hybridized carbons (Fsp3) is 0.500. The lowest BCUT2D eigenvalue weighted by Crippen LogP contribution is -2.72. The van der Waals surface area contributed by atoms with E-state index >= 15 is 0 Å². The lowest BCUT2D eigenvalue weighted by molar-refractivity contribution is -0.161. The molecule has 9 heteroatoms. The Morgan fingerprint density at radius 1 is 1.11 bits per heavy atom. The van der Waals surface area contributed by atoms with Gasteiger partial charge in [-0.3, -0.25) is 9.59 Å². The number of benzene rings is 2. The number of carbonyl (C=O) groups is 2. The second-order valence-corrected chi connectivity index (χ2v) is 15.1. The summed E-state index contributed by atoms with van der Waals surface area (Å²) in [6.07, 6.45) is 0. The molecule has 1 aliphatic rings. The van der Waals surface area contributed by atoms with Crippen molar-refractivity contribution in [3.63, 3.8) is 0 Å². The summed E-state index contributed by atoms with van der Waals surface area (Å²) in [5.74, 6) is -1.39. The number of aryl methyl sites for hydroxylation is 1. The van der Waals surface area contributed by atoms with Crippen LogP contribution in [0.2, 0.25) is 13.1 Å². The van der Waals surface area contributed by atoms with Crippen LogP contribution in [-0.4, -0.2) is 40.8 Å². The van der Waals surface area contributed by atoms with E-state index in [0.29, 0.717) is 11.1 Å². The predicted octanol–water partition coefficient (Wildman–Crippen LogP) is 4.48. The first kappa shape index (κ1) is 29.2. The summed E-state index contributed by atoms with van der Waals surface area (Å²) >= 11 is 0. The SMILES string of the molecule is Cc1ccc(S(=O)(=O)NCc2ccccc2)cc1C(=O)[C@H](C)[C@H]1NC(=O)[C@@H]1[C@@](C)(O[Si](C)C)C(C)(C)C. The van der Waals surface area contributed by atoms with Gasteiger partial charge >= 0.3 is 0 Å². The summed E-state index contributed by atoms with van der Waals surface area (Å²) in [5, 5.41) is 2.94. The van der Waals surface area contributed by atoms with Crippen molar-refractivity contribution in [1.29, 1.82) is 0 Å². The fourth-order valence-electron chi connectivity index (χ4n) is 4.82. The number of ketones is 1. The number of sulfonamides is 1. The topological polar surface area (TPSA) is 102 Å². The maximum absolute atomic E-state index is 13.7. The normalized spacial score (nSPS) is 20.6. The van der Waals surface area contributed by atoms with E-state index < -0.39 is 42.5 Å². The second kappa shape index (κ2) is 10.8. The number of amides is 1. The van der Waals surface area contributed by atoms with Gasteiger partial charge < -0.3 is 9.74 Å². The summed E-state index contributed by atoms with van der Waals surface area (Å²) in [5.41, 5.74) is 0.760. The molecule has 37 heavy (non-hydrogen) atoms. The van der Waals surface area contributed by atoms with Gasteiger partial charge in [0.1, 0.15) is 0 Å². The zero-order chi connectivity index (χ0) is 27.8. The summed E-state index contributed by atoms with van der Waals surface area (Å²) in [6.45, 7) is 15.9. The van der Waals surface area contributed by atoms with E-state index in [4.69, 9.17) is 4.43 Å². The van der Waals surface area contributed by atoms with Crippen LogP contribution in [0.3, 0.4) is 0 Å². The molecule has 0 saturated carbocycles. The van der Waals surface area contributed by atoms with Crippen molar-refractivity contribution in [2.75, 3.05) is 0 Å². The Kier molecular flexibility index (Phi) is 8.53. The van der Waals surface area contributed by atoms with E-state index in [1.165, 1.54) is 12.1 Å². The largest absolute Gasteiger partial charge is 0.411 e. The molecule has 7 nitrogen and oxygen atoms in total. The Morgan fingerprint density at radius 3 is 2.27 bits per heavy atom. The fourth-order valence-corrected chi connectivity index (χ4v) is 7.14. The highest BCUT2D eigenvalue weighted by Crippen LogP contribution is 2.46. The highest BCUT2D eigenvalue weighted by molar-refractivity contribution is 7.89. The van der Waals surface area contributed by atoms with E-state index in [-0.39, 0.29) is 28.5 Å². The van der Waals surface area contributed by atoms with E-state index in [9.17, 15) is 18.0 Å². The molecule has 1 saturated heterocycles. The molecule has 201 valence electrons. The molecule has 0 spiro atoms. The van der Waals surface area contributed by atoms with E-state index in [2.05, 4.69) is 10.0 Å². The highest BCUT2D eigenvalue weighted by atomic mass is 32.2. The van der Waals surface area contributed by atoms with Gasteiger partial charge in [-0.1, -0.05) is 64.1 Å². The van der Waals surface area contributed by atoms with Crippen LogP contribution in [-0.2, 0) is 25.8 Å². The van der Waals surface area contributed by atoms with Gasteiger partial charge in [0.2, 0.25) is 25.0 Å². The molecule has 2 N–H and O–H groups in total. The summed E-state index contributed by atoms with van der Waals surface area (Å²) < 4.78 is 35.1. The van der Waals surface area contributed by atoms with Crippen molar-refractivity contribution in [1.82, 2.24) is 10.0 Å². The molecule has 0 aliphatic carbocycles. The minimum atomic E-state index is -3.83. The maximum atomic E-state index is 13.7. The Balaban J connectivity index is 1.87. The Labute approximate surface area is 223 Å². The Bertz CT molecular complexity index is 1260. The average Bonchev–Trinajstić information content (AvgIpc) is 2.80. The molecule has 1 radical (unpaired) electrons. The predicted molar refractivity (Wildman–Crippen MR) is 147 cm³/mol. The molecule has 1 amide bonds. The van der Waals surface area contributed by atoms with Crippen LogP contribution in [0.4, 0.5) is 0 Å². The van der Waals surface area contributed by atoms with E-state index in [0.717, 1.165) is 5.56 Å². The van der Waals surface area contributed by atoms with E-state index in [1.54, 1.807) is 19.9 Å². The maximum Gasteiger partial charge on any atom is 0.240 e. The van der Waals surface area contributed by atoms with Crippen LogP contribution in [0.1, 0.15) is 56.1 Å². The van der Waals surface area contributed by atoms with Gasteiger partial charge in [-0.25, -0.2) is 13.1 Å². The van der Waals surface area contributed by atoms with Gasteiger partial charge in [-0.05, 0) is 55.6 Å². The number of hydrogen-bond acceptors (Lipinski definition) is 5. The lowest BCUT2D eigenvalue weighted by atomic mass is 9.62. The minimum absolute atomic E-state index is 0.0332. The van der Waals surface area contributed by atoms with Crippen LogP contribution in [0.5, 0.6) is 0 Å². The third-order valence-electron chi connectivity index (χ3n) is 7.50. The number of rotatable bonds is 10. The van der Waals surface area contributed by atoms with Crippen LogP contribution in [0, 0.1) is 24.2 Å². The zero-order valence-corrected chi connectivity index (χ0v) is 24.8. The van der Waals surface area contributed by atoms with Crippen LogP contribution >= 0.6 is 0 Å². The molecule has 0 bridgehead atoms. The van der Waals surface area contributed by atoms with Crippen LogP contribution < -0.4 is 10.0 Å². The monoisotopic (exact) mass is 543 g/mol. The number of β-lactam (4-membered cyclic amide) rings is 1. The first-order chi connectivity index (χ1) is 17.1. The first-order valence-electron chi connectivity index (χ1n) is 12.6. The van der Waals surface area contributed by atoms with Gasteiger partial charge in [0.05, 0.1) is 22.5 Å². The smallest absolute Gasteiger partial charge is 0.240 e. The quantitative estimate of drug-likeness (QED) is 0.261. The summed E-state index contributed by atoms with van der Waals surface area (Å²) in [4.78, 5) is 26.6. The summed E-state index contributed by atoms with van der Waals surface area (Å²) in [7, 11) is -4.96. The third-order valence-corrected chi connectivity index (χ3v) is 9.73. The Morgan fingerprint density at radius 2 is 1.73 bits per heavy atom. The number of nitrogens with one attached hydrogen (secondary N) is 2. The van der Waals surface area contributed by atoms with Crippen molar-refractivity contribution >= 4 is 30.8 Å². The van der Waals surface area contributed by atoms with Crippen LogP contribution in [0.25, 0.3) is 0 Å². The number of Topliss-reactive ketones (excluding diaryl/α,β-unsaturated/α-hetero) is 1. The van der Waals surface area contributed by atoms with Crippen molar-refractivity contribution in [2.24, 2.45) is 17.3 Å². The standard InChI is InChI=1S/C28H39N2O5SSi/c1-18-14-15-21(36(33,34)29-17-20-12-10-9-11-13-20)16-22(18)25(31)19(2)24-23(26(32)30-24)28(6,27(3,4)5)35-37(7)8/h9-16,19,23-24,29H,17H2,1-8H3,(H,30,32)/t19-,23-,24-,28-/m1/s1. The highest BCUT2D eigenvalue weighted by Gasteiger charge is 2.59. The molecular formula is C28H39N2O5SSi. The van der Waals surface area contributed by atoms with Crippen molar-refractivity contribution < 1.29 is 22.4 Å². The number of hydrogen-bond donors (Lipinski definition) is 2. The summed E-state index contributed by atoms with van der Waals surface area (Å²) in [6, 6.07) is 13.4. The molecular weight excluding hydrogens is 504 g/mol. The third kappa shape index (κ3) is 6.06. The average molecular weight is 544 g/mol. The van der Waals surface area contributed by atoms with Crippen molar-refractivity contribution in [3.8, 4) is 0 Å². The van der Waals surface area contributed by atoms with Gasteiger partial charge in [-0.15, -0.1) is 0 Å². The van der Waals surface area contributed by atoms with Crippen molar-refractivity contribution in [2.45, 2.75) is 77.7 Å². The first-order valence-corrected chi connectivity index (χ1v) is 16.5.